The number of hydrogen-bond acceptors (Lipinski definition) is 2. The molecule has 2 rings (SSSR count). The predicted molar refractivity (Wildman–Crippen MR) is 73.0 cm³/mol. The number of halogens is 4. The molecule has 0 aliphatic rings. The second kappa shape index (κ2) is 5.74. The molecule has 1 aromatic heterocycles. The van der Waals surface area contributed by atoms with Crippen molar-refractivity contribution in [1.82, 2.24) is 4.98 Å². The Labute approximate surface area is 119 Å². The second-order valence-electron chi connectivity index (χ2n) is 3.57. The first kappa shape index (κ1) is 13.4. The van der Waals surface area contributed by atoms with Gasteiger partial charge in [-0.2, -0.15) is 0 Å². The van der Waals surface area contributed by atoms with Gasteiger partial charge in [-0.05, 0) is 23.8 Å². The molecule has 2 aromatic rings. The van der Waals surface area contributed by atoms with Crippen molar-refractivity contribution in [3.05, 3.63) is 57.0 Å². The van der Waals surface area contributed by atoms with Crippen LogP contribution in [0, 0.1) is 5.82 Å². The number of pyridine rings is 1. The van der Waals surface area contributed by atoms with Crippen molar-refractivity contribution < 1.29 is 4.39 Å². The van der Waals surface area contributed by atoms with Crippen LogP contribution in [-0.2, 0) is 6.54 Å². The van der Waals surface area contributed by atoms with E-state index >= 15 is 0 Å². The van der Waals surface area contributed by atoms with Crippen molar-refractivity contribution in [2.75, 3.05) is 5.32 Å². The number of benzene rings is 1. The summed E-state index contributed by atoms with van der Waals surface area (Å²) < 4.78 is 13.0. The van der Waals surface area contributed by atoms with Gasteiger partial charge >= 0.3 is 0 Å². The van der Waals surface area contributed by atoms with Crippen molar-refractivity contribution in [3.63, 3.8) is 0 Å². The molecule has 2 nitrogen and oxygen atoms in total. The second-order valence-corrected chi connectivity index (χ2v) is 4.79. The summed E-state index contributed by atoms with van der Waals surface area (Å²) in [4.78, 5) is 3.89. The van der Waals surface area contributed by atoms with E-state index in [-0.39, 0.29) is 10.0 Å². The van der Waals surface area contributed by atoms with Gasteiger partial charge < -0.3 is 5.32 Å². The smallest absolute Gasteiger partial charge is 0.126 e. The summed E-state index contributed by atoms with van der Waals surface area (Å²) in [5.74, 6) is -0.475. The van der Waals surface area contributed by atoms with E-state index in [2.05, 4.69) is 10.3 Å². The molecule has 0 saturated carbocycles. The van der Waals surface area contributed by atoms with Crippen LogP contribution in [0.2, 0.25) is 15.1 Å². The first-order chi connectivity index (χ1) is 8.58. The van der Waals surface area contributed by atoms with Gasteiger partial charge in [-0.15, -0.1) is 0 Å². The molecule has 0 saturated heterocycles. The Kier molecular flexibility index (Phi) is 4.27. The minimum absolute atomic E-state index is 0.227. The average Bonchev–Trinajstić information content (AvgIpc) is 2.30. The fourth-order valence-corrected chi connectivity index (χ4v) is 2.22. The number of nitrogens with zero attached hydrogens (tertiary/aromatic N) is 1. The molecule has 1 aromatic carbocycles. The Balaban J connectivity index is 2.19. The summed E-state index contributed by atoms with van der Waals surface area (Å²) in [5, 5.41) is 4.02. The lowest BCUT2D eigenvalue weighted by Crippen LogP contribution is -2.02. The maximum Gasteiger partial charge on any atom is 0.126 e. The summed E-state index contributed by atoms with van der Waals surface area (Å²) in [6.45, 7) is 0.423. The number of anilines is 1. The van der Waals surface area contributed by atoms with Crippen LogP contribution in [0.5, 0.6) is 0 Å². The van der Waals surface area contributed by atoms with Crippen molar-refractivity contribution in [2.45, 2.75) is 6.54 Å². The van der Waals surface area contributed by atoms with Crippen LogP contribution >= 0.6 is 34.8 Å². The van der Waals surface area contributed by atoms with E-state index in [0.29, 0.717) is 17.3 Å². The molecular formula is C12H8Cl3FN2. The Morgan fingerprint density at radius 3 is 2.39 bits per heavy atom. The molecule has 0 aliphatic heterocycles. The van der Waals surface area contributed by atoms with Gasteiger partial charge in [0.2, 0.25) is 0 Å². The van der Waals surface area contributed by atoms with E-state index in [1.807, 2.05) is 0 Å². The quantitative estimate of drug-likeness (QED) is 0.881. The SMILES string of the molecule is Fc1cc(Cl)c(NCc2ccncc2Cl)c(Cl)c1. The van der Waals surface area contributed by atoms with Crippen LogP contribution in [-0.4, -0.2) is 4.98 Å². The molecule has 0 radical (unpaired) electrons. The molecule has 0 atom stereocenters. The molecule has 0 bridgehead atoms. The summed E-state index contributed by atoms with van der Waals surface area (Å²) in [6, 6.07) is 4.18. The van der Waals surface area contributed by atoms with Gasteiger partial charge in [0, 0.05) is 18.9 Å². The Morgan fingerprint density at radius 1 is 1.11 bits per heavy atom. The molecule has 0 unspecified atom stereocenters. The molecule has 0 amide bonds. The molecule has 0 spiro atoms. The maximum atomic E-state index is 13.0. The fraction of sp³-hybridized carbons (Fsp3) is 0.0833. The average molecular weight is 306 g/mol. The van der Waals surface area contributed by atoms with E-state index < -0.39 is 5.82 Å². The van der Waals surface area contributed by atoms with Gasteiger partial charge in [0.05, 0.1) is 20.8 Å². The van der Waals surface area contributed by atoms with Crippen LogP contribution in [0.4, 0.5) is 10.1 Å². The Hall–Kier alpha value is -1.03. The molecule has 18 heavy (non-hydrogen) atoms. The predicted octanol–water partition coefficient (Wildman–Crippen LogP) is 4.79. The first-order valence-corrected chi connectivity index (χ1v) is 6.18. The third-order valence-electron chi connectivity index (χ3n) is 2.32. The lowest BCUT2D eigenvalue weighted by Gasteiger charge is -2.11. The Bertz CT molecular complexity index is 552. The number of aromatic nitrogens is 1. The normalized spacial score (nSPS) is 10.4. The molecule has 0 aliphatic carbocycles. The van der Waals surface area contributed by atoms with Crippen LogP contribution in [0.1, 0.15) is 5.56 Å². The third-order valence-corrected chi connectivity index (χ3v) is 3.26. The van der Waals surface area contributed by atoms with Crippen LogP contribution in [0.25, 0.3) is 0 Å². The van der Waals surface area contributed by atoms with E-state index in [1.165, 1.54) is 12.1 Å². The maximum absolute atomic E-state index is 13.0. The van der Waals surface area contributed by atoms with Gasteiger partial charge in [0.1, 0.15) is 5.82 Å². The topological polar surface area (TPSA) is 24.9 Å². The van der Waals surface area contributed by atoms with Gasteiger partial charge in [-0.1, -0.05) is 34.8 Å². The summed E-state index contributed by atoms with van der Waals surface area (Å²) in [6.07, 6.45) is 3.18. The molecular weight excluding hydrogens is 298 g/mol. The molecule has 6 heteroatoms. The van der Waals surface area contributed by atoms with E-state index in [4.69, 9.17) is 34.8 Å². The molecule has 94 valence electrons. The number of hydrogen-bond donors (Lipinski definition) is 1. The van der Waals surface area contributed by atoms with Crippen molar-refractivity contribution >= 4 is 40.5 Å². The number of nitrogens with one attached hydrogen (secondary N) is 1. The molecule has 0 fully saturated rings. The van der Waals surface area contributed by atoms with Gasteiger partial charge in [-0.3, -0.25) is 4.98 Å². The zero-order valence-electron chi connectivity index (χ0n) is 9.05. The summed E-state index contributed by atoms with van der Waals surface area (Å²) in [7, 11) is 0. The fourth-order valence-electron chi connectivity index (χ4n) is 1.44. The molecule has 1 N–H and O–H groups in total. The number of rotatable bonds is 3. The Morgan fingerprint density at radius 2 is 1.78 bits per heavy atom. The van der Waals surface area contributed by atoms with Crippen molar-refractivity contribution in [3.8, 4) is 0 Å². The third kappa shape index (κ3) is 3.05. The highest BCUT2D eigenvalue weighted by molar-refractivity contribution is 6.39. The highest BCUT2D eigenvalue weighted by atomic mass is 35.5. The van der Waals surface area contributed by atoms with Gasteiger partial charge in [0.15, 0.2) is 0 Å². The minimum Gasteiger partial charge on any atom is -0.378 e. The monoisotopic (exact) mass is 304 g/mol. The van der Waals surface area contributed by atoms with Crippen molar-refractivity contribution in [1.29, 1.82) is 0 Å². The lowest BCUT2D eigenvalue weighted by atomic mass is 10.2. The van der Waals surface area contributed by atoms with Crippen LogP contribution in [0.15, 0.2) is 30.6 Å². The largest absolute Gasteiger partial charge is 0.378 e. The zero-order chi connectivity index (χ0) is 13.1. The zero-order valence-corrected chi connectivity index (χ0v) is 11.3. The van der Waals surface area contributed by atoms with E-state index in [1.54, 1.807) is 18.5 Å². The summed E-state index contributed by atoms with van der Waals surface area (Å²) >= 11 is 17.8. The van der Waals surface area contributed by atoms with Crippen molar-refractivity contribution in [2.24, 2.45) is 0 Å². The minimum atomic E-state index is -0.475. The highest BCUT2D eigenvalue weighted by Gasteiger charge is 2.09. The van der Waals surface area contributed by atoms with Crippen LogP contribution < -0.4 is 5.32 Å². The van der Waals surface area contributed by atoms with E-state index in [9.17, 15) is 4.39 Å². The molecule has 1 heterocycles. The lowest BCUT2D eigenvalue weighted by molar-refractivity contribution is 0.628. The first-order valence-electron chi connectivity index (χ1n) is 5.04. The standard InChI is InChI=1S/C12H8Cl3FN2/c13-9-3-8(16)4-10(14)12(9)18-5-7-1-2-17-6-11(7)15/h1-4,6,18H,5H2. The van der Waals surface area contributed by atoms with Gasteiger partial charge in [0.25, 0.3) is 0 Å². The van der Waals surface area contributed by atoms with Crippen LogP contribution in [0.3, 0.4) is 0 Å². The van der Waals surface area contributed by atoms with Gasteiger partial charge in [-0.25, -0.2) is 4.39 Å². The highest BCUT2D eigenvalue weighted by Crippen LogP contribution is 2.32. The summed E-state index contributed by atoms with van der Waals surface area (Å²) in [5.41, 5.74) is 1.33. The van der Waals surface area contributed by atoms with E-state index in [0.717, 1.165) is 5.56 Å².